The van der Waals surface area contributed by atoms with E-state index in [1.165, 1.54) is 0 Å². The molecular formula is C10H16O2. The van der Waals surface area contributed by atoms with Crippen LogP contribution in [0.2, 0.25) is 0 Å². The van der Waals surface area contributed by atoms with Crippen LogP contribution in [0, 0.1) is 16.7 Å². The second kappa shape index (κ2) is 1.92. The van der Waals surface area contributed by atoms with Crippen LogP contribution >= 0.6 is 0 Å². The lowest BCUT2D eigenvalue weighted by molar-refractivity contribution is -0.124. The monoisotopic (exact) mass is 168 g/mol. The Morgan fingerprint density at radius 3 is 2.25 bits per heavy atom. The van der Waals surface area contributed by atoms with Crippen molar-refractivity contribution in [1.29, 1.82) is 0 Å². The molecule has 0 amide bonds. The molecule has 68 valence electrons. The van der Waals surface area contributed by atoms with Crippen LogP contribution in [-0.4, -0.2) is 17.0 Å². The number of hydrogen-bond acceptors (Lipinski definition) is 2. The standard InChI is InChI=1S/C10H16O2/c1-9(2)6-4-8(12)10(9,3)5-7(6)11/h6,8,12H,4-5H2,1-3H3/t6-,8+,10+/m0/s1. The summed E-state index contributed by atoms with van der Waals surface area (Å²) in [6.07, 6.45) is 0.990. The molecule has 0 unspecified atom stereocenters. The third-order valence-corrected chi connectivity index (χ3v) is 4.47. The SMILES string of the molecule is CC1(C)[C@H]2C[C@@H](O)[C@@]1(C)CC2=O. The van der Waals surface area contributed by atoms with Gasteiger partial charge in [0.15, 0.2) is 0 Å². The number of Topliss-reactive ketones (excluding diaryl/α,β-unsaturated/α-hetero) is 1. The topological polar surface area (TPSA) is 37.3 Å². The molecule has 0 aromatic heterocycles. The second-order valence-corrected chi connectivity index (χ2v) is 5.09. The number of fused-ring (bicyclic) bond motifs is 2. The second-order valence-electron chi connectivity index (χ2n) is 5.09. The summed E-state index contributed by atoms with van der Waals surface area (Å²) in [7, 11) is 0. The van der Waals surface area contributed by atoms with Gasteiger partial charge in [-0.05, 0) is 11.8 Å². The van der Waals surface area contributed by atoms with Gasteiger partial charge < -0.3 is 5.11 Å². The van der Waals surface area contributed by atoms with Crippen molar-refractivity contribution in [3.8, 4) is 0 Å². The van der Waals surface area contributed by atoms with Crippen molar-refractivity contribution in [3.05, 3.63) is 0 Å². The Bertz CT molecular complexity index is 244. The summed E-state index contributed by atoms with van der Waals surface area (Å²) in [5.74, 6) is 0.463. The average Bonchev–Trinajstić information content (AvgIpc) is 2.18. The Balaban J connectivity index is 2.47. The van der Waals surface area contributed by atoms with Gasteiger partial charge in [-0.2, -0.15) is 0 Å². The zero-order valence-electron chi connectivity index (χ0n) is 7.92. The van der Waals surface area contributed by atoms with Gasteiger partial charge in [-0.25, -0.2) is 0 Å². The summed E-state index contributed by atoms with van der Waals surface area (Å²) >= 11 is 0. The Morgan fingerprint density at radius 2 is 2.00 bits per heavy atom. The van der Waals surface area contributed by atoms with Crippen LogP contribution in [-0.2, 0) is 4.79 Å². The number of ketones is 1. The largest absolute Gasteiger partial charge is 0.393 e. The van der Waals surface area contributed by atoms with E-state index in [-0.39, 0.29) is 22.9 Å². The zero-order valence-corrected chi connectivity index (χ0v) is 7.92. The highest BCUT2D eigenvalue weighted by atomic mass is 16.3. The van der Waals surface area contributed by atoms with Crippen molar-refractivity contribution >= 4 is 5.78 Å². The molecule has 0 radical (unpaired) electrons. The molecule has 0 aliphatic heterocycles. The lowest BCUT2D eigenvalue weighted by Crippen LogP contribution is -2.35. The van der Waals surface area contributed by atoms with E-state index in [2.05, 4.69) is 13.8 Å². The Labute approximate surface area is 73.0 Å². The van der Waals surface area contributed by atoms with Crippen LogP contribution in [0.15, 0.2) is 0 Å². The molecule has 0 aromatic carbocycles. The van der Waals surface area contributed by atoms with Gasteiger partial charge in [0.2, 0.25) is 0 Å². The van der Waals surface area contributed by atoms with Gasteiger partial charge in [0.25, 0.3) is 0 Å². The maximum absolute atomic E-state index is 11.5. The Morgan fingerprint density at radius 1 is 1.42 bits per heavy atom. The van der Waals surface area contributed by atoms with Crippen LogP contribution in [0.4, 0.5) is 0 Å². The maximum Gasteiger partial charge on any atom is 0.137 e. The third-order valence-electron chi connectivity index (χ3n) is 4.47. The van der Waals surface area contributed by atoms with E-state index in [1.807, 2.05) is 6.92 Å². The molecule has 0 spiro atoms. The van der Waals surface area contributed by atoms with Crippen molar-refractivity contribution in [3.63, 3.8) is 0 Å². The molecule has 2 fully saturated rings. The van der Waals surface area contributed by atoms with Crippen LogP contribution in [0.1, 0.15) is 33.6 Å². The molecule has 2 aliphatic carbocycles. The van der Waals surface area contributed by atoms with E-state index >= 15 is 0 Å². The van der Waals surface area contributed by atoms with Crippen LogP contribution in [0.25, 0.3) is 0 Å². The smallest absolute Gasteiger partial charge is 0.137 e. The van der Waals surface area contributed by atoms with Crippen molar-refractivity contribution in [2.24, 2.45) is 16.7 Å². The molecule has 2 aliphatic rings. The number of aliphatic hydroxyl groups excluding tert-OH is 1. The first-order valence-corrected chi connectivity index (χ1v) is 4.60. The number of hydrogen-bond donors (Lipinski definition) is 1. The third kappa shape index (κ3) is 0.634. The fourth-order valence-electron chi connectivity index (χ4n) is 2.97. The highest BCUT2D eigenvalue weighted by molar-refractivity contribution is 5.87. The molecule has 1 N–H and O–H groups in total. The van der Waals surface area contributed by atoms with E-state index in [1.54, 1.807) is 0 Å². The number of aliphatic hydroxyl groups is 1. The molecule has 3 atom stereocenters. The number of carbonyl (C=O) groups excluding carboxylic acids is 1. The molecule has 0 heterocycles. The molecule has 2 nitrogen and oxygen atoms in total. The first kappa shape index (κ1) is 8.24. The van der Waals surface area contributed by atoms with Gasteiger partial charge in [-0.1, -0.05) is 20.8 Å². The van der Waals surface area contributed by atoms with E-state index in [0.29, 0.717) is 18.6 Å². The molecule has 0 aromatic rings. The molecule has 2 rings (SSSR count). The fraction of sp³-hybridized carbons (Fsp3) is 0.900. The minimum atomic E-state index is -0.268. The highest BCUT2D eigenvalue weighted by Gasteiger charge is 2.65. The van der Waals surface area contributed by atoms with Crippen LogP contribution in [0.5, 0.6) is 0 Å². The van der Waals surface area contributed by atoms with E-state index in [0.717, 1.165) is 0 Å². The minimum absolute atomic E-state index is 0.00347. The molecule has 0 saturated heterocycles. The minimum Gasteiger partial charge on any atom is -0.393 e. The lowest BCUT2D eigenvalue weighted by atomic mass is 9.70. The van der Waals surface area contributed by atoms with Gasteiger partial charge in [-0.15, -0.1) is 0 Å². The van der Waals surface area contributed by atoms with E-state index < -0.39 is 0 Å². The molecule has 2 saturated carbocycles. The van der Waals surface area contributed by atoms with Gasteiger partial charge in [0, 0.05) is 17.8 Å². The highest BCUT2D eigenvalue weighted by Crippen LogP contribution is 2.63. The zero-order chi connectivity index (χ0) is 9.15. The maximum atomic E-state index is 11.5. The first-order chi connectivity index (χ1) is 5.39. The molecule has 2 bridgehead atoms. The Kier molecular flexibility index (Phi) is 1.32. The Hall–Kier alpha value is -0.370. The predicted molar refractivity (Wildman–Crippen MR) is 45.6 cm³/mol. The molecule has 12 heavy (non-hydrogen) atoms. The van der Waals surface area contributed by atoms with Crippen molar-refractivity contribution in [1.82, 2.24) is 0 Å². The first-order valence-electron chi connectivity index (χ1n) is 4.60. The van der Waals surface area contributed by atoms with E-state index in [9.17, 15) is 9.90 Å². The van der Waals surface area contributed by atoms with Crippen LogP contribution in [0.3, 0.4) is 0 Å². The van der Waals surface area contributed by atoms with Gasteiger partial charge in [0.05, 0.1) is 6.10 Å². The summed E-state index contributed by atoms with van der Waals surface area (Å²) in [6, 6.07) is 0. The fourth-order valence-corrected chi connectivity index (χ4v) is 2.97. The van der Waals surface area contributed by atoms with Gasteiger partial charge >= 0.3 is 0 Å². The van der Waals surface area contributed by atoms with Gasteiger partial charge in [0.1, 0.15) is 5.78 Å². The van der Waals surface area contributed by atoms with Crippen molar-refractivity contribution in [2.45, 2.75) is 39.7 Å². The summed E-state index contributed by atoms with van der Waals surface area (Å²) in [5.41, 5.74) is -0.155. The van der Waals surface area contributed by atoms with E-state index in [4.69, 9.17) is 0 Å². The lowest BCUT2D eigenvalue weighted by Gasteiger charge is -2.35. The average molecular weight is 168 g/mol. The predicted octanol–water partition coefficient (Wildman–Crippen LogP) is 1.37. The van der Waals surface area contributed by atoms with Crippen molar-refractivity contribution in [2.75, 3.05) is 0 Å². The summed E-state index contributed by atoms with van der Waals surface area (Å²) in [6.45, 7) is 6.26. The summed E-state index contributed by atoms with van der Waals surface area (Å²) in [5, 5.41) is 9.78. The summed E-state index contributed by atoms with van der Waals surface area (Å²) < 4.78 is 0. The molecular weight excluding hydrogens is 152 g/mol. The molecule has 2 heteroatoms. The quantitative estimate of drug-likeness (QED) is 0.593. The van der Waals surface area contributed by atoms with Gasteiger partial charge in [-0.3, -0.25) is 4.79 Å². The number of carbonyl (C=O) groups is 1. The van der Waals surface area contributed by atoms with Crippen molar-refractivity contribution < 1.29 is 9.90 Å². The van der Waals surface area contributed by atoms with Crippen LogP contribution < -0.4 is 0 Å². The normalized spacial score (nSPS) is 50.2. The number of rotatable bonds is 0. The summed E-state index contributed by atoms with van der Waals surface area (Å²) in [4.78, 5) is 11.5.